The van der Waals surface area contributed by atoms with Crippen molar-refractivity contribution in [3.05, 3.63) is 35.9 Å². The molecule has 2 aliphatic rings. The third kappa shape index (κ3) is 3.07. The first-order valence-corrected chi connectivity index (χ1v) is 8.63. The Labute approximate surface area is 153 Å². The first-order valence-electron chi connectivity index (χ1n) is 9.13. The van der Waals surface area contributed by atoms with Gasteiger partial charge < -0.3 is 19.9 Å². The smallest absolute Gasteiger partial charge is 0.335 e. The maximum absolute atomic E-state index is 13.0. The Bertz CT molecular complexity index is 752. The summed E-state index contributed by atoms with van der Waals surface area (Å²) in [6.07, 6.45) is -2.40. The van der Waals surface area contributed by atoms with Crippen LogP contribution in [0.2, 0.25) is 0 Å². The monoisotopic (exact) mass is 363 g/mol. The zero-order valence-electron chi connectivity index (χ0n) is 15.7. The molecule has 2 aliphatic carbocycles. The summed E-state index contributed by atoms with van der Waals surface area (Å²) >= 11 is 0. The van der Waals surface area contributed by atoms with Gasteiger partial charge in [-0.05, 0) is 24.8 Å². The van der Waals surface area contributed by atoms with Gasteiger partial charge in [-0.25, -0.2) is 4.79 Å². The lowest BCUT2D eigenvalue weighted by Gasteiger charge is -2.34. The zero-order valence-corrected chi connectivity index (χ0v) is 14.7. The Balaban J connectivity index is 1.87. The molecule has 0 aliphatic heterocycles. The molecule has 0 saturated heterocycles. The van der Waals surface area contributed by atoms with Crippen LogP contribution in [0.1, 0.15) is 27.2 Å². The Kier molecular flexibility index (Phi) is 4.63. The molecule has 7 nitrogen and oxygen atoms in total. The quantitative estimate of drug-likeness (QED) is 0.725. The Morgan fingerprint density at radius 1 is 1.31 bits per heavy atom. The van der Waals surface area contributed by atoms with E-state index in [0.29, 0.717) is 0 Å². The van der Waals surface area contributed by atoms with Crippen LogP contribution in [0, 0.1) is 17.8 Å². The first kappa shape index (κ1) is 17.0. The van der Waals surface area contributed by atoms with Gasteiger partial charge in [0.2, 0.25) is 5.91 Å². The molecule has 0 radical (unpaired) electrons. The Hall–Kier alpha value is -2.41. The van der Waals surface area contributed by atoms with Crippen LogP contribution < -0.4 is 5.32 Å². The van der Waals surface area contributed by atoms with Crippen molar-refractivity contribution in [2.75, 3.05) is 6.61 Å². The largest absolute Gasteiger partial charge is 0.466 e. The maximum Gasteiger partial charge on any atom is 0.335 e. The minimum atomic E-state index is -2.27. The van der Waals surface area contributed by atoms with Gasteiger partial charge >= 0.3 is 11.9 Å². The average Bonchev–Trinajstić information content (AvgIpc) is 3.25. The SMILES string of the molecule is [3H][C@@]1(O)C[C@H]2[C@H](C(=O)OCC)[C@H]2[C@]1(NC(C)=O)C(=O)OCc1ccccc1. The molecule has 26 heavy (non-hydrogen) atoms. The highest BCUT2D eigenvalue weighted by molar-refractivity contribution is 5.92. The number of fused-ring (bicyclic) bond motifs is 1. The molecule has 0 heterocycles. The number of hydrogen-bond donors (Lipinski definition) is 2. The number of nitrogens with one attached hydrogen (secondary N) is 1. The fourth-order valence-corrected chi connectivity index (χ4v) is 3.93. The molecule has 2 N–H and O–H groups in total. The highest BCUT2D eigenvalue weighted by Gasteiger charge is 2.76. The highest BCUT2D eigenvalue weighted by atomic mass is 16.5. The number of rotatable bonds is 6. The van der Waals surface area contributed by atoms with E-state index in [9.17, 15) is 19.5 Å². The van der Waals surface area contributed by atoms with E-state index in [-0.39, 0.29) is 19.6 Å². The third-order valence-corrected chi connectivity index (χ3v) is 5.02. The first-order chi connectivity index (χ1) is 12.7. The van der Waals surface area contributed by atoms with E-state index >= 15 is 0 Å². The van der Waals surface area contributed by atoms with E-state index < -0.39 is 47.2 Å². The van der Waals surface area contributed by atoms with E-state index in [1.165, 1.54) is 6.92 Å². The highest BCUT2D eigenvalue weighted by Crippen LogP contribution is 2.63. The summed E-state index contributed by atoms with van der Waals surface area (Å²) in [6, 6.07) is 8.93. The van der Waals surface area contributed by atoms with Gasteiger partial charge in [-0.3, -0.25) is 9.59 Å². The van der Waals surface area contributed by atoms with Gasteiger partial charge in [0.1, 0.15) is 6.61 Å². The lowest BCUT2D eigenvalue weighted by atomic mass is 9.87. The van der Waals surface area contributed by atoms with Gasteiger partial charge in [-0.1, -0.05) is 30.3 Å². The molecule has 3 rings (SSSR count). The van der Waals surface area contributed by atoms with Crippen molar-refractivity contribution in [2.45, 2.75) is 38.5 Å². The second-order valence-electron chi connectivity index (χ2n) is 6.67. The number of benzene rings is 1. The summed E-state index contributed by atoms with van der Waals surface area (Å²) in [5.41, 5.74) is -1.28. The van der Waals surface area contributed by atoms with Gasteiger partial charge in [-0.15, -0.1) is 0 Å². The number of amides is 1. The normalized spacial score (nSPS) is 35.0. The van der Waals surface area contributed by atoms with Crippen molar-refractivity contribution < 1.29 is 30.3 Å². The number of esters is 2. The molecule has 2 saturated carbocycles. The molecular formula is C19H23NO6. The van der Waals surface area contributed by atoms with Crippen LogP contribution in [0.5, 0.6) is 0 Å². The number of carbonyl (C=O) groups excluding carboxylic acids is 3. The number of carbonyl (C=O) groups is 3. The molecular weight excluding hydrogens is 338 g/mol. The Morgan fingerprint density at radius 2 is 2.00 bits per heavy atom. The molecule has 140 valence electrons. The van der Waals surface area contributed by atoms with Crippen LogP contribution in [0.3, 0.4) is 0 Å². The van der Waals surface area contributed by atoms with Gasteiger partial charge in [0.15, 0.2) is 5.54 Å². The standard InChI is InChI=1S/C19H23NO6/c1-3-25-17(23)15-13-9-14(22)19(16(13)15,20-11(2)21)18(24)26-10-12-7-5-4-6-8-12/h4-8,13-16,22H,3,9-10H2,1-2H3,(H,20,21)/t13-,14+,15-,16-,19-/m0/s1/i14T. The third-order valence-electron chi connectivity index (χ3n) is 5.02. The lowest BCUT2D eigenvalue weighted by molar-refractivity contribution is -0.162. The molecule has 1 amide bonds. The van der Waals surface area contributed by atoms with Crippen LogP contribution in [0.4, 0.5) is 0 Å². The molecule has 0 aromatic heterocycles. The topological polar surface area (TPSA) is 102 Å². The summed E-state index contributed by atoms with van der Waals surface area (Å²) in [6.45, 7) is 2.98. The van der Waals surface area contributed by atoms with Crippen LogP contribution in [-0.4, -0.2) is 41.2 Å². The van der Waals surface area contributed by atoms with Crippen molar-refractivity contribution >= 4 is 17.8 Å². The number of hydrogen-bond acceptors (Lipinski definition) is 6. The lowest BCUT2D eigenvalue weighted by Crippen LogP contribution is -2.62. The van der Waals surface area contributed by atoms with Gasteiger partial charge in [0.25, 0.3) is 0 Å². The molecule has 7 heteroatoms. The van der Waals surface area contributed by atoms with Gasteiger partial charge in [0, 0.05) is 12.8 Å². The summed E-state index contributed by atoms with van der Waals surface area (Å²) in [5.74, 6) is -3.79. The molecule has 1 aromatic carbocycles. The second-order valence-corrected chi connectivity index (χ2v) is 6.67. The van der Waals surface area contributed by atoms with E-state index in [1.54, 1.807) is 31.2 Å². The van der Waals surface area contributed by atoms with Gasteiger partial charge in [-0.2, -0.15) is 0 Å². The minimum Gasteiger partial charge on any atom is -0.466 e. The predicted molar refractivity (Wildman–Crippen MR) is 90.5 cm³/mol. The van der Waals surface area contributed by atoms with E-state index in [0.717, 1.165) is 5.56 Å². The van der Waals surface area contributed by atoms with Crippen molar-refractivity contribution in [3.8, 4) is 0 Å². The fraction of sp³-hybridized carbons (Fsp3) is 0.526. The average molecular weight is 363 g/mol. The van der Waals surface area contributed by atoms with Crippen molar-refractivity contribution in [1.29, 1.82) is 0 Å². The zero-order chi connectivity index (χ0) is 19.8. The fourth-order valence-electron chi connectivity index (χ4n) is 3.93. The van der Waals surface area contributed by atoms with Crippen molar-refractivity contribution in [3.63, 3.8) is 0 Å². The van der Waals surface area contributed by atoms with Crippen LogP contribution >= 0.6 is 0 Å². The summed E-state index contributed by atoms with van der Waals surface area (Å²) < 4.78 is 18.7. The van der Waals surface area contributed by atoms with Gasteiger partial charge in [0.05, 0.1) is 20.0 Å². The second kappa shape index (κ2) is 7.07. The van der Waals surface area contributed by atoms with E-state index in [4.69, 9.17) is 10.8 Å². The summed E-state index contributed by atoms with van der Waals surface area (Å²) in [4.78, 5) is 37.0. The predicted octanol–water partition coefficient (Wildman–Crippen LogP) is 0.795. The number of aliphatic hydroxyl groups is 1. The molecule has 0 bridgehead atoms. The maximum atomic E-state index is 13.0. The summed E-state index contributed by atoms with van der Waals surface area (Å²) in [5, 5.41) is 13.1. The van der Waals surface area contributed by atoms with Crippen LogP contribution in [0.25, 0.3) is 0 Å². The molecule has 0 unspecified atom stereocenters. The van der Waals surface area contributed by atoms with E-state index in [2.05, 4.69) is 5.32 Å². The molecule has 1 aromatic rings. The van der Waals surface area contributed by atoms with Crippen LogP contribution in [0.15, 0.2) is 30.3 Å². The van der Waals surface area contributed by atoms with Crippen molar-refractivity contribution in [2.24, 2.45) is 17.8 Å². The molecule has 5 atom stereocenters. The minimum absolute atomic E-state index is 0.0709. The van der Waals surface area contributed by atoms with Crippen LogP contribution in [-0.2, 0) is 30.5 Å². The number of ether oxygens (including phenoxy) is 2. The Morgan fingerprint density at radius 3 is 2.62 bits per heavy atom. The van der Waals surface area contributed by atoms with Crippen molar-refractivity contribution in [1.82, 2.24) is 5.32 Å². The molecule has 2 fully saturated rings. The van der Waals surface area contributed by atoms with E-state index in [1.807, 2.05) is 6.07 Å². The summed E-state index contributed by atoms with van der Waals surface area (Å²) in [7, 11) is 0. The molecule has 0 spiro atoms.